The van der Waals surface area contributed by atoms with Gasteiger partial charge in [0.1, 0.15) is 0 Å². The normalized spacial score (nSPS) is 10.1. The van der Waals surface area contributed by atoms with Crippen LogP contribution in [0.1, 0.15) is 40.5 Å². The number of nitrogens with one attached hydrogen (secondary N) is 3. The van der Waals surface area contributed by atoms with Gasteiger partial charge in [0.2, 0.25) is 11.8 Å². The fourth-order valence-corrected chi connectivity index (χ4v) is 2.39. The summed E-state index contributed by atoms with van der Waals surface area (Å²) in [6.45, 7) is 2.69. The van der Waals surface area contributed by atoms with Crippen LogP contribution in [0.5, 0.6) is 0 Å². The number of primary amides is 1. The Morgan fingerprint density at radius 1 is 0.963 bits per heavy atom. The van der Waals surface area contributed by atoms with Gasteiger partial charge in [-0.25, -0.2) is 0 Å². The van der Waals surface area contributed by atoms with Gasteiger partial charge in [-0.15, -0.1) is 0 Å². The van der Waals surface area contributed by atoms with Crippen LogP contribution in [-0.4, -0.2) is 30.8 Å². The number of rotatable bonds is 9. The molecular formula is C20H24N4O3. The molecule has 0 radical (unpaired) electrons. The molecule has 3 amide bonds. The van der Waals surface area contributed by atoms with Gasteiger partial charge >= 0.3 is 0 Å². The third-order valence-electron chi connectivity index (χ3n) is 3.82. The number of nitrogens with two attached hydrogens (primary N) is 1. The number of anilines is 2. The molecule has 0 aliphatic heterocycles. The van der Waals surface area contributed by atoms with E-state index >= 15 is 0 Å². The van der Waals surface area contributed by atoms with Crippen molar-refractivity contribution in [1.29, 1.82) is 0 Å². The first-order valence-corrected chi connectivity index (χ1v) is 8.81. The number of carbonyl (C=O) groups excluding carboxylic acids is 3. The summed E-state index contributed by atoms with van der Waals surface area (Å²) >= 11 is 0. The van der Waals surface area contributed by atoms with Crippen molar-refractivity contribution in [2.45, 2.75) is 19.8 Å². The first-order chi connectivity index (χ1) is 13.0. The fourth-order valence-electron chi connectivity index (χ4n) is 2.39. The highest BCUT2D eigenvalue weighted by Crippen LogP contribution is 2.12. The lowest BCUT2D eigenvalue weighted by molar-refractivity contribution is -0.114. The van der Waals surface area contributed by atoms with Crippen molar-refractivity contribution in [3.8, 4) is 0 Å². The Balaban J connectivity index is 1.90. The van der Waals surface area contributed by atoms with Crippen molar-refractivity contribution >= 4 is 29.1 Å². The summed E-state index contributed by atoms with van der Waals surface area (Å²) in [5.41, 5.74) is 7.25. The molecule has 142 valence electrons. The number of hydrogen-bond donors (Lipinski definition) is 4. The molecule has 7 nitrogen and oxygen atoms in total. The van der Waals surface area contributed by atoms with Crippen LogP contribution in [0.3, 0.4) is 0 Å². The molecule has 5 N–H and O–H groups in total. The minimum atomic E-state index is -0.530. The van der Waals surface area contributed by atoms with Crippen LogP contribution in [0.2, 0.25) is 0 Å². The quantitative estimate of drug-likeness (QED) is 0.509. The van der Waals surface area contributed by atoms with Gasteiger partial charge in [0.15, 0.2) is 0 Å². The summed E-state index contributed by atoms with van der Waals surface area (Å²) in [6, 6.07) is 13.4. The second-order valence-corrected chi connectivity index (χ2v) is 6.04. The molecular weight excluding hydrogens is 344 g/mol. The van der Waals surface area contributed by atoms with Gasteiger partial charge in [0, 0.05) is 29.0 Å². The molecule has 0 aliphatic rings. The highest BCUT2D eigenvalue weighted by atomic mass is 16.2. The Morgan fingerprint density at radius 2 is 1.63 bits per heavy atom. The maximum atomic E-state index is 12.1. The van der Waals surface area contributed by atoms with Crippen molar-refractivity contribution < 1.29 is 14.4 Å². The van der Waals surface area contributed by atoms with Crippen molar-refractivity contribution in [3.05, 3.63) is 59.7 Å². The first kappa shape index (κ1) is 20.0. The lowest BCUT2D eigenvalue weighted by Gasteiger charge is -2.10. The Labute approximate surface area is 158 Å². The summed E-state index contributed by atoms with van der Waals surface area (Å²) in [4.78, 5) is 35.4. The zero-order valence-corrected chi connectivity index (χ0v) is 15.2. The van der Waals surface area contributed by atoms with E-state index in [4.69, 9.17) is 5.73 Å². The van der Waals surface area contributed by atoms with Gasteiger partial charge in [-0.3, -0.25) is 14.4 Å². The van der Waals surface area contributed by atoms with Crippen molar-refractivity contribution in [2.24, 2.45) is 5.73 Å². The number of benzene rings is 2. The van der Waals surface area contributed by atoms with E-state index in [9.17, 15) is 14.4 Å². The van der Waals surface area contributed by atoms with Crippen LogP contribution in [0.15, 0.2) is 48.5 Å². The van der Waals surface area contributed by atoms with Crippen molar-refractivity contribution in [2.75, 3.05) is 23.7 Å². The number of amides is 3. The Bertz CT molecular complexity index is 820. The molecule has 27 heavy (non-hydrogen) atoms. The monoisotopic (exact) mass is 368 g/mol. The molecule has 0 saturated carbocycles. The summed E-state index contributed by atoms with van der Waals surface area (Å²) in [7, 11) is 0. The number of unbranched alkanes of at least 4 members (excludes halogenated alkanes) is 1. The molecule has 0 bridgehead atoms. The molecule has 0 atom stereocenters. The zero-order chi connectivity index (χ0) is 19.6. The molecule has 2 rings (SSSR count). The summed E-state index contributed by atoms with van der Waals surface area (Å²) < 4.78 is 0. The van der Waals surface area contributed by atoms with Crippen LogP contribution in [0.4, 0.5) is 11.4 Å². The van der Waals surface area contributed by atoms with Crippen LogP contribution in [-0.2, 0) is 4.79 Å². The van der Waals surface area contributed by atoms with E-state index in [1.165, 1.54) is 0 Å². The van der Waals surface area contributed by atoms with Crippen molar-refractivity contribution in [1.82, 2.24) is 5.32 Å². The number of hydrogen-bond acceptors (Lipinski definition) is 4. The molecule has 0 aliphatic carbocycles. The molecule has 0 heterocycles. The molecule has 0 spiro atoms. The topological polar surface area (TPSA) is 113 Å². The fraction of sp³-hybridized carbons (Fsp3) is 0.250. The van der Waals surface area contributed by atoms with E-state index in [0.29, 0.717) is 29.0 Å². The maximum Gasteiger partial charge on any atom is 0.251 e. The average molecular weight is 368 g/mol. The maximum absolute atomic E-state index is 12.1. The number of carbonyl (C=O) groups is 3. The van der Waals surface area contributed by atoms with Crippen LogP contribution >= 0.6 is 0 Å². The van der Waals surface area contributed by atoms with Crippen LogP contribution < -0.4 is 21.7 Å². The predicted octanol–water partition coefficient (Wildman–Crippen LogP) is 2.37. The molecule has 2 aromatic rings. The average Bonchev–Trinajstić information content (AvgIpc) is 2.67. The Hall–Kier alpha value is -3.35. The van der Waals surface area contributed by atoms with Gasteiger partial charge < -0.3 is 21.7 Å². The highest BCUT2D eigenvalue weighted by molar-refractivity contribution is 5.98. The summed E-state index contributed by atoms with van der Waals surface area (Å²) in [6.07, 6.45) is 1.93. The van der Waals surface area contributed by atoms with Gasteiger partial charge in [-0.05, 0) is 42.8 Å². The van der Waals surface area contributed by atoms with Crippen LogP contribution in [0, 0.1) is 0 Å². The van der Waals surface area contributed by atoms with Gasteiger partial charge in [0.25, 0.3) is 5.91 Å². The van der Waals surface area contributed by atoms with E-state index in [-0.39, 0.29) is 18.4 Å². The molecule has 0 saturated heterocycles. The zero-order valence-electron chi connectivity index (χ0n) is 15.2. The Kier molecular flexibility index (Phi) is 7.37. The van der Waals surface area contributed by atoms with Gasteiger partial charge in [-0.2, -0.15) is 0 Å². The second-order valence-electron chi connectivity index (χ2n) is 6.04. The smallest absolute Gasteiger partial charge is 0.251 e. The lowest BCUT2D eigenvalue weighted by Crippen LogP contribution is -2.25. The summed E-state index contributed by atoms with van der Waals surface area (Å²) in [5.74, 6) is -0.971. The largest absolute Gasteiger partial charge is 0.376 e. The standard InChI is InChI=1S/C20H24N4O3/c1-2-3-10-22-20(27)15-7-5-9-17(12-15)24-18(25)13-23-16-8-4-6-14(11-16)19(21)26/h4-9,11-12,23H,2-3,10,13H2,1H3,(H2,21,26)(H,22,27)(H,24,25). The molecule has 2 aromatic carbocycles. The molecule has 7 heteroatoms. The van der Waals surface area contributed by atoms with E-state index in [2.05, 4.69) is 22.9 Å². The molecule has 0 fully saturated rings. The van der Waals surface area contributed by atoms with Gasteiger partial charge in [-0.1, -0.05) is 25.5 Å². The lowest BCUT2D eigenvalue weighted by atomic mass is 10.2. The highest BCUT2D eigenvalue weighted by Gasteiger charge is 2.08. The van der Waals surface area contributed by atoms with Gasteiger partial charge in [0.05, 0.1) is 6.54 Å². The molecule has 0 aromatic heterocycles. The Morgan fingerprint density at radius 3 is 2.33 bits per heavy atom. The summed E-state index contributed by atoms with van der Waals surface area (Å²) in [5, 5.41) is 8.51. The SMILES string of the molecule is CCCCNC(=O)c1cccc(NC(=O)CNc2cccc(C(N)=O)c2)c1. The van der Waals surface area contributed by atoms with E-state index in [0.717, 1.165) is 12.8 Å². The first-order valence-electron chi connectivity index (χ1n) is 8.81. The minimum Gasteiger partial charge on any atom is -0.376 e. The third kappa shape index (κ3) is 6.47. The second kappa shape index (κ2) is 9.96. The van der Waals surface area contributed by atoms with E-state index in [1.807, 2.05) is 0 Å². The minimum absolute atomic E-state index is 0.00907. The van der Waals surface area contributed by atoms with Crippen molar-refractivity contribution in [3.63, 3.8) is 0 Å². The van der Waals surface area contributed by atoms with Crippen LogP contribution in [0.25, 0.3) is 0 Å². The van der Waals surface area contributed by atoms with E-state index in [1.54, 1.807) is 48.5 Å². The predicted molar refractivity (Wildman–Crippen MR) is 106 cm³/mol. The third-order valence-corrected chi connectivity index (χ3v) is 3.82. The molecule has 0 unspecified atom stereocenters. The van der Waals surface area contributed by atoms with E-state index < -0.39 is 5.91 Å².